The van der Waals surface area contributed by atoms with Crippen LogP contribution in [0.15, 0.2) is 58.4 Å². The van der Waals surface area contributed by atoms with Crippen LogP contribution in [0.1, 0.15) is 17.5 Å². The molecule has 0 bridgehead atoms. The van der Waals surface area contributed by atoms with Crippen LogP contribution in [0.3, 0.4) is 0 Å². The largest absolute Gasteiger partial charge is 0.338 e. The first-order valence-corrected chi connectivity index (χ1v) is 12.2. The van der Waals surface area contributed by atoms with Crippen molar-refractivity contribution in [3.8, 4) is 0 Å². The maximum atomic E-state index is 13.1. The predicted octanol–water partition coefficient (Wildman–Crippen LogP) is 1.42. The van der Waals surface area contributed by atoms with E-state index in [9.17, 15) is 18.0 Å². The van der Waals surface area contributed by atoms with Crippen LogP contribution in [0, 0.1) is 0 Å². The van der Waals surface area contributed by atoms with Crippen LogP contribution in [-0.4, -0.2) is 59.5 Å². The Balaban J connectivity index is 1.26. The number of fused-ring (bicyclic) bond motifs is 2. The summed E-state index contributed by atoms with van der Waals surface area (Å²) in [6, 6.07) is 12.5. The van der Waals surface area contributed by atoms with Gasteiger partial charge in [0.15, 0.2) is 0 Å². The second kappa shape index (κ2) is 8.14. The summed E-state index contributed by atoms with van der Waals surface area (Å²) in [5.74, 6) is -0.246. The molecule has 0 saturated carbocycles. The molecule has 1 aliphatic carbocycles. The van der Waals surface area contributed by atoms with Crippen LogP contribution < -0.4 is 5.56 Å². The van der Waals surface area contributed by atoms with Crippen LogP contribution in [0.5, 0.6) is 0 Å². The summed E-state index contributed by atoms with van der Waals surface area (Å²) >= 11 is 0. The van der Waals surface area contributed by atoms with Gasteiger partial charge in [0, 0.05) is 31.6 Å². The van der Waals surface area contributed by atoms with Crippen LogP contribution in [0.25, 0.3) is 10.8 Å². The van der Waals surface area contributed by atoms with Crippen LogP contribution >= 0.6 is 0 Å². The molecule has 166 valence electrons. The Morgan fingerprint density at radius 2 is 1.72 bits per heavy atom. The van der Waals surface area contributed by atoms with Crippen molar-refractivity contribution in [1.29, 1.82) is 0 Å². The number of aryl methyl sites for hydroxylation is 2. The third-order valence-electron chi connectivity index (χ3n) is 6.35. The molecule has 0 unspecified atom stereocenters. The van der Waals surface area contributed by atoms with E-state index in [1.54, 1.807) is 41.4 Å². The number of rotatable bonds is 4. The Kier molecular flexibility index (Phi) is 5.30. The van der Waals surface area contributed by atoms with Crippen molar-refractivity contribution in [3.63, 3.8) is 0 Å². The number of amides is 1. The van der Waals surface area contributed by atoms with Crippen molar-refractivity contribution in [2.45, 2.75) is 30.7 Å². The summed E-state index contributed by atoms with van der Waals surface area (Å²) in [4.78, 5) is 27.3. The van der Waals surface area contributed by atoms with Gasteiger partial charge in [0.2, 0.25) is 15.9 Å². The van der Waals surface area contributed by atoms with Crippen LogP contribution in [0.2, 0.25) is 0 Å². The number of piperazine rings is 1. The molecule has 32 heavy (non-hydrogen) atoms. The number of hydrogen-bond donors (Lipinski definition) is 0. The van der Waals surface area contributed by atoms with E-state index in [4.69, 9.17) is 0 Å². The van der Waals surface area contributed by atoms with E-state index in [1.807, 2.05) is 12.1 Å². The lowest BCUT2D eigenvalue weighted by Gasteiger charge is -2.34. The molecule has 1 aromatic heterocycles. The van der Waals surface area contributed by atoms with E-state index in [0.717, 1.165) is 30.2 Å². The lowest BCUT2D eigenvalue weighted by Crippen LogP contribution is -2.51. The first kappa shape index (κ1) is 20.8. The normalized spacial score (nSPS) is 16.9. The topological polar surface area (TPSA) is 92.6 Å². The zero-order valence-corrected chi connectivity index (χ0v) is 18.4. The first-order chi connectivity index (χ1) is 15.4. The van der Waals surface area contributed by atoms with Gasteiger partial charge in [0.25, 0.3) is 5.56 Å². The number of aromatic nitrogens is 2. The Hall–Kier alpha value is -3.04. The number of benzene rings is 2. The van der Waals surface area contributed by atoms with Crippen molar-refractivity contribution in [2.75, 3.05) is 26.2 Å². The molecular weight excluding hydrogens is 428 g/mol. The molecule has 0 spiro atoms. The van der Waals surface area contributed by atoms with Crippen molar-refractivity contribution in [2.24, 2.45) is 0 Å². The van der Waals surface area contributed by atoms with Crippen LogP contribution in [-0.2, 0) is 34.2 Å². The number of hydrogen-bond acceptors (Lipinski definition) is 5. The molecule has 2 aliphatic rings. The molecule has 3 aromatic rings. The molecule has 9 heteroatoms. The quantitative estimate of drug-likeness (QED) is 0.597. The Bertz CT molecular complexity index is 1360. The van der Waals surface area contributed by atoms with Crippen molar-refractivity contribution in [1.82, 2.24) is 19.0 Å². The molecule has 1 saturated heterocycles. The molecule has 2 aromatic carbocycles. The Morgan fingerprint density at radius 3 is 2.53 bits per heavy atom. The number of carbonyl (C=O) groups excluding carboxylic acids is 1. The van der Waals surface area contributed by atoms with E-state index in [-0.39, 0.29) is 44.2 Å². The van der Waals surface area contributed by atoms with Gasteiger partial charge in [-0.15, -0.1) is 0 Å². The molecule has 0 atom stereocenters. The smallest absolute Gasteiger partial charge is 0.275 e. The first-order valence-electron chi connectivity index (χ1n) is 10.8. The van der Waals surface area contributed by atoms with E-state index in [1.165, 1.54) is 14.6 Å². The molecular formula is C23H24N4O4S. The summed E-state index contributed by atoms with van der Waals surface area (Å²) in [6.07, 6.45) is 4.56. The third-order valence-corrected chi connectivity index (χ3v) is 8.24. The minimum absolute atomic E-state index is 0.165. The maximum Gasteiger partial charge on any atom is 0.275 e. The summed E-state index contributed by atoms with van der Waals surface area (Å²) in [7, 11) is -3.59. The standard InChI is InChI=1S/C23H24N4O4S/c28-22(16-27-23(29)21-7-2-1-4-19(21)15-24-27)25-10-12-26(13-11-25)32(30,31)20-9-8-17-5-3-6-18(17)14-20/h1-2,4,7-9,14-15H,3,5-6,10-13,16H2. The van der Waals surface area contributed by atoms with E-state index < -0.39 is 10.0 Å². The van der Waals surface area contributed by atoms with Gasteiger partial charge in [-0.1, -0.05) is 24.3 Å². The summed E-state index contributed by atoms with van der Waals surface area (Å²) in [6.45, 7) is 0.855. The monoisotopic (exact) mass is 452 g/mol. The molecule has 8 nitrogen and oxygen atoms in total. The molecule has 1 aliphatic heterocycles. The summed E-state index contributed by atoms with van der Waals surface area (Å²) < 4.78 is 28.8. The molecule has 5 rings (SSSR count). The highest BCUT2D eigenvalue weighted by molar-refractivity contribution is 7.89. The number of sulfonamides is 1. The van der Waals surface area contributed by atoms with Gasteiger partial charge < -0.3 is 4.90 Å². The average Bonchev–Trinajstić information content (AvgIpc) is 3.29. The molecule has 1 amide bonds. The van der Waals surface area contributed by atoms with Gasteiger partial charge in [-0.05, 0) is 48.6 Å². The van der Waals surface area contributed by atoms with Gasteiger partial charge in [-0.25, -0.2) is 13.1 Å². The Labute approximate surface area is 186 Å². The van der Waals surface area contributed by atoms with Gasteiger partial charge in [0.1, 0.15) is 6.54 Å². The minimum atomic E-state index is -3.59. The second-order valence-electron chi connectivity index (χ2n) is 8.26. The maximum absolute atomic E-state index is 13.1. The fourth-order valence-electron chi connectivity index (χ4n) is 4.50. The highest BCUT2D eigenvalue weighted by Gasteiger charge is 2.31. The van der Waals surface area contributed by atoms with Crippen molar-refractivity contribution >= 4 is 26.7 Å². The summed E-state index contributed by atoms with van der Waals surface area (Å²) in [5.41, 5.74) is 2.04. The lowest BCUT2D eigenvalue weighted by molar-refractivity contribution is -0.133. The third kappa shape index (κ3) is 3.71. The molecule has 0 N–H and O–H groups in total. The average molecular weight is 453 g/mol. The highest BCUT2D eigenvalue weighted by atomic mass is 32.2. The van der Waals surface area contributed by atoms with Crippen molar-refractivity contribution in [3.05, 3.63) is 70.1 Å². The minimum Gasteiger partial charge on any atom is -0.338 e. The number of carbonyl (C=O) groups is 1. The fraction of sp³-hybridized carbons (Fsp3) is 0.348. The number of nitrogens with zero attached hydrogens (tertiary/aromatic N) is 4. The van der Waals surface area contributed by atoms with Gasteiger partial charge >= 0.3 is 0 Å². The highest BCUT2D eigenvalue weighted by Crippen LogP contribution is 2.26. The van der Waals surface area contributed by atoms with Gasteiger partial charge in [-0.3, -0.25) is 9.59 Å². The summed E-state index contributed by atoms with van der Waals surface area (Å²) in [5, 5.41) is 5.36. The second-order valence-corrected chi connectivity index (χ2v) is 10.2. The van der Waals surface area contributed by atoms with Crippen molar-refractivity contribution < 1.29 is 13.2 Å². The lowest BCUT2D eigenvalue weighted by atomic mass is 10.1. The van der Waals surface area contributed by atoms with E-state index in [2.05, 4.69) is 5.10 Å². The van der Waals surface area contributed by atoms with E-state index in [0.29, 0.717) is 10.3 Å². The SMILES string of the molecule is O=C(Cn1ncc2ccccc2c1=O)N1CCN(S(=O)(=O)c2ccc3c(c2)CCC3)CC1. The molecule has 0 radical (unpaired) electrons. The van der Waals surface area contributed by atoms with Gasteiger partial charge in [-0.2, -0.15) is 9.40 Å². The fourth-order valence-corrected chi connectivity index (χ4v) is 5.98. The molecule has 1 fully saturated rings. The zero-order chi connectivity index (χ0) is 22.3. The van der Waals surface area contributed by atoms with Crippen LogP contribution in [0.4, 0.5) is 0 Å². The Morgan fingerprint density at radius 1 is 0.969 bits per heavy atom. The molecule has 2 heterocycles. The van der Waals surface area contributed by atoms with Gasteiger partial charge in [0.05, 0.1) is 16.5 Å². The van der Waals surface area contributed by atoms with E-state index >= 15 is 0 Å². The zero-order valence-electron chi connectivity index (χ0n) is 17.6. The predicted molar refractivity (Wildman–Crippen MR) is 120 cm³/mol.